The van der Waals surface area contributed by atoms with E-state index < -0.39 is 10.1 Å². The molecule has 0 fully saturated rings. The molecule has 0 unspecified atom stereocenters. The number of nitrogens with two attached hydrogens (primary N) is 1. The van der Waals surface area contributed by atoms with E-state index in [2.05, 4.69) is 22.1 Å². The van der Waals surface area contributed by atoms with Crippen molar-refractivity contribution in [2.24, 2.45) is 10.2 Å². The van der Waals surface area contributed by atoms with Crippen LogP contribution in [0, 0.1) is 0 Å². The number of rotatable bonds is 11. The molecule has 0 aliphatic carbocycles. The van der Waals surface area contributed by atoms with Crippen LogP contribution in [0.25, 0.3) is 22.0 Å². The summed E-state index contributed by atoms with van der Waals surface area (Å²) in [4.78, 5) is 15.7. The molecule has 3 N–H and O–H groups in total. The number of aromatic nitrogens is 1. The Morgan fingerprint density at radius 1 is 1.02 bits per heavy atom. The van der Waals surface area contributed by atoms with Crippen LogP contribution in [-0.2, 0) is 10.1 Å². The summed E-state index contributed by atoms with van der Waals surface area (Å²) in [7, 11) is -4.53. The molecule has 0 aliphatic heterocycles. The number of nitrogen functional groups attached to an aromatic ring is 1. The number of ether oxygens (including phenoxy) is 2. The van der Waals surface area contributed by atoms with Crippen LogP contribution >= 0.6 is 0 Å². The van der Waals surface area contributed by atoms with E-state index in [1.165, 1.54) is 12.3 Å². The average molecular weight is 573 g/mol. The van der Waals surface area contributed by atoms with Crippen molar-refractivity contribution < 1.29 is 27.2 Å². The zero-order valence-electron chi connectivity index (χ0n) is 21.5. The molecule has 0 amide bonds. The van der Waals surface area contributed by atoms with E-state index in [-0.39, 0.29) is 51.2 Å². The Morgan fingerprint density at radius 3 is 2.40 bits per heavy atom. The van der Waals surface area contributed by atoms with Crippen LogP contribution < -0.4 is 15.2 Å². The molecule has 0 radical (unpaired) electrons. The molecule has 0 spiro atoms. The first-order valence-electron chi connectivity index (χ1n) is 12.3. The second-order valence-corrected chi connectivity index (χ2v) is 9.97. The predicted octanol–water partition coefficient (Wildman–Crippen LogP) is 5.89. The van der Waals surface area contributed by atoms with Gasteiger partial charge in [0.25, 0.3) is 10.1 Å². The third kappa shape index (κ3) is 7.04. The summed E-state index contributed by atoms with van der Waals surface area (Å²) in [5.74, 6) is 0.958. The number of nitrogens with zero attached hydrogens (tertiary/aromatic N) is 3. The Balaban J connectivity index is 0.00000441. The second-order valence-electron chi connectivity index (χ2n) is 8.58. The molecular formula is C28H29N4NaO6S. The molecule has 3 aromatic carbocycles. The van der Waals surface area contributed by atoms with Crippen molar-refractivity contribution in [3.63, 3.8) is 0 Å². The minimum absolute atomic E-state index is 0. The van der Waals surface area contributed by atoms with Crippen molar-refractivity contribution in [2.75, 3.05) is 18.9 Å². The third-order valence-electron chi connectivity index (χ3n) is 5.86. The number of carbonyl (C=O) groups is 1. The van der Waals surface area contributed by atoms with Crippen LogP contribution in [0.5, 0.6) is 11.5 Å². The van der Waals surface area contributed by atoms with Crippen molar-refractivity contribution in [3.8, 4) is 22.8 Å². The van der Waals surface area contributed by atoms with Gasteiger partial charge in [-0.1, -0.05) is 37.6 Å². The summed E-state index contributed by atoms with van der Waals surface area (Å²) in [5.41, 5.74) is 8.44. The van der Waals surface area contributed by atoms with Gasteiger partial charge in [0.05, 0.1) is 30.8 Å². The Kier molecular flexibility index (Phi) is 10.8. The van der Waals surface area contributed by atoms with Gasteiger partial charge >= 0.3 is 29.6 Å². The molecule has 0 saturated heterocycles. The van der Waals surface area contributed by atoms with Crippen molar-refractivity contribution in [1.29, 1.82) is 0 Å². The van der Waals surface area contributed by atoms with Crippen LogP contribution in [0.2, 0.25) is 0 Å². The number of hydrogen-bond donors (Lipinski definition) is 2. The molecular weight excluding hydrogens is 543 g/mol. The van der Waals surface area contributed by atoms with Gasteiger partial charge < -0.3 is 15.2 Å². The molecule has 0 saturated carbocycles. The van der Waals surface area contributed by atoms with Gasteiger partial charge in [0, 0.05) is 21.9 Å². The maximum atomic E-state index is 12.0. The number of benzene rings is 3. The number of carbonyl (C=O) groups excluding carboxylic acids is 1. The fourth-order valence-corrected chi connectivity index (χ4v) is 4.69. The predicted molar refractivity (Wildman–Crippen MR) is 156 cm³/mol. The van der Waals surface area contributed by atoms with Gasteiger partial charge in [-0.15, -0.1) is 10.2 Å². The van der Waals surface area contributed by atoms with Crippen molar-refractivity contribution in [3.05, 3.63) is 66.4 Å². The first kappa shape index (κ1) is 31.2. The number of pyridine rings is 1. The second kappa shape index (κ2) is 13.8. The molecule has 1 heterocycles. The van der Waals surface area contributed by atoms with E-state index in [0.717, 1.165) is 19.1 Å². The summed E-state index contributed by atoms with van der Waals surface area (Å²) < 4.78 is 45.4. The number of anilines is 1. The summed E-state index contributed by atoms with van der Waals surface area (Å²) in [5, 5.41) is 8.99. The van der Waals surface area contributed by atoms with E-state index in [9.17, 15) is 17.8 Å². The Bertz CT molecular complexity index is 1640. The van der Waals surface area contributed by atoms with Crippen LogP contribution in [0.15, 0.2) is 75.9 Å². The zero-order valence-corrected chi connectivity index (χ0v) is 22.3. The standard InChI is InChI=1S/C28H28N4O6S.Na.H/c1-3-5-12-38-28-22(13-18(17-33)14-25(28)37-4-2)23-11-10-19(16-30-23)31-32-24-15-26(39(34,35)36)20-8-6-7-9-21(20)27(24)29;;/h6-11,13-17H,3-5,12,29H2,1-2H3,(H,34,35,36);;. The quantitative estimate of drug-likeness (QED) is 0.0563. The van der Waals surface area contributed by atoms with Gasteiger partial charge in [0.1, 0.15) is 22.6 Å². The molecule has 204 valence electrons. The molecule has 12 heteroatoms. The van der Waals surface area contributed by atoms with Gasteiger partial charge in [-0.3, -0.25) is 14.3 Å². The SMILES string of the molecule is CCCCOc1c(OCC)cc(C=O)cc1-c1ccc(N=Nc2cc(S(=O)(=O)O)c3ccccc3c2N)cn1.[NaH]. The van der Waals surface area contributed by atoms with Gasteiger partial charge in [-0.2, -0.15) is 8.42 Å². The normalized spacial score (nSPS) is 11.4. The molecule has 0 atom stereocenters. The van der Waals surface area contributed by atoms with Crippen LogP contribution in [0.3, 0.4) is 0 Å². The van der Waals surface area contributed by atoms with Crippen LogP contribution in [0.1, 0.15) is 37.0 Å². The molecule has 40 heavy (non-hydrogen) atoms. The van der Waals surface area contributed by atoms with Crippen molar-refractivity contribution in [2.45, 2.75) is 31.6 Å². The fraction of sp³-hybridized carbons (Fsp3) is 0.214. The molecule has 1 aromatic heterocycles. The summed E-state index contributed by atoms with van der Waals surface area (Å²) in [6.07, 6.45) is 4.02. The minimum atomic E-state index is -4.53. The topological polar surface area (TPSA) is 154 Å². The fourth-order valence-electron chi connectivity index (χ4n) is 3.97. The van der Waals surface area contributed by atoms with Gasteiger partial charge in [-0.25, -0.2) is 0 Å². The van der Waals surface area contributed by atoms with E-state index >= 15 is 0 Å². The van der Waals surface area contributed by atoms with Gasteiger partial charge in [-0.05, 0) is 43.7 Å². The summed E-state index contributed by atoms with van der Waals surface area (Å²) in [6, 6.07) is 14.4. The molecule has 4 rings (SSSR count). The van der Waals surface area contributed by atoms with E-state index in [4.69, 9.17) is 15.2 Å². The molecule has 4 aromatic rings. The van der Waals surface area contributed by atoms with E-state index in [0.29, 0.717) is 52.6 Å². The van der Waals surface area contributed by atoms with Gasteiger partial charge in [0.15, 0.2) is 11.5 Å². The van der Waals surface area contributed by atoms with Crippen LogP contribution in [0.4, 0.5) is 17.1 Å². The third-order valence-corrected chi connectivity index (χ3v) is 6.75. The number of azo groups is 1. The van der Waals surface area contributed by atoms with Gasteiger partial charge in [0.2, 0.25) is 0 Å². The van der Waals surface area contributed by atoms with E-state index in [1.54, 1.807) is 48.5 Å². The number of aldehydes is 1. The molecule has 10 nitrogen and oxygen atoms in total. The zero-order chi connectivity index (χ0) is 28.0. The first-order valence-corrected chi connectivity index (χ1v) is 13.8. The monoisotopic (exact) mass is 572 g/mol. The van der Waals surface area contributed by atoms with E-state index in [1.807, 2.05) is 6.92 Å². The Morgan fingerprint density at radius 2 is 1.77 bits per heavy atom. The summed E-state index contributed by atoms with van der Waals surface area (Å²) >= 11 is 0. The average Bonchev–Trinajstić information content (AvgIpc) is 2.93. The Labute approximate surface area is 254 Å². The van der Waals surface area contributed by atoms with Crippen molar-refractivity contribution in [1.82, 2.24) is 4.98 Å². The van der Waals surface area contributed by atoms with Crippen LogP contribution in [-0.4, -0.2) is 67.0 Å². The number of hydrogen-bond acceptors (Lipinski definition) is 9. The molecule has 0 bridgehead atoms. The number of fused-ring (bicyclic) bond motifs is 1. The first-order chi connectivity index (χ1) is 18.8. The maximum absolute atomic E-state index is 12.0. The Hall–Kier alpha value is -3.35. The summed E-state index contributed by atoms with van der Waals surface area (Å²) in [6.45, 7) is 4.79. The van der Waals surface area contributed by atoms with Crippen molar-refractivity contribution >= 4 is 73.8 Å². The molecule has 0 aliphatic rings. The number of unbranched alkanes of at least 4 members (excludes halogenated alkanes) is 1.